The number of ether oxygens (including phenoxy) is 2. The number of fused-ring (bicyclic) bond motifs is 1. The van der Waals surface area contributed by atoms with Gasteiger partial charge in [0.25, 0.3) is 0 Å². The first-order chi connectivity index (χ1) is 8.70. The normalized spacial score (nSPS) is 13.8. The second-order valence-electron chi connectivity index (χ2n) is 3.77. The maximum Gasteiger partial charge on any atom is 0.303 e. The molecule has 1 aromatic rings. The van der Waals surface area contributed by atoms with E-state index >= 15 is 0 Å². The van der Waals surface area contributed by atoms with Crippen molar-refractivity contribution in [2.24, 2.45) is 5.11 Å². The Labute approximate surface area is 103 Å². The molecule has 0 bridgehead atoms. The van der Waals surface area contributed by atoms with Crippen LogP contribution in [-0.4, -0.2) is 17.9 Å². The summed E-state index contributed by atoms with van der Waals surface area (Å²) in [5, 5.41) is 12.3. The molecule has 1 atom stereocenters. The zero-order chi connectivity index (χ0) is 13.0. The lowest BCUT2D eigenvalue weighted by Crippen LogP contribution is -2.01. The van der Waals surface area contributed by atoms with Crippen LogP contribution in [0.5, 0.6) is 11.5 Å². The van der Waals surface area contributed by atoms with Crippen molar-refractivity contribution in [3.05, 3.63) is 34.2 Å². The van der Waals surface area contributed by atoms with Crippen LogP contribution in [0.4, 0.5) is 0 Å². The lowest BCUT2D eigenvalue weighted by Gasteiger charge is -2.10. The molecule has 1 N–H and O–H groups in total. The summed E-state index contributed by atoms with van der Waals surface area (Å²) in [5.41, 5.74) is 9.23. The third-order valence-electron chi connectivity index (χ3n) is 2.60. The summed E-state index contributed by atoms with van der Waals surface area (Å²) in [7, 11) is 0. The van der Waals surface area contributed by atoms with Crippen LogP contribution < -0.4 is 9.47 Å². The first kappa shape index (κ1) is 12.1. The van der Waals surface area contributed by atoms with Crippen molar-refractivity contribution in [1.29, 1.82) is 0 Å². The van der Waals surface area contributed by atoms with Gasteiger partial charge in [-0.25, -0.2) is 0 Å². The van der Waals surface area contributed by atoms with Gasteiger partial charge < -0.3 is 14.6 Å². The van der Waals surface area contributed by atoms with Gasteiger partial charge in [0.2, 0.25) is 6.79 Å². The van der Waals surface area contributed by atoms with Crippen molar-refractivity contribution in [2.45, 2.75) is 18.9 Å². The van der Waals surface area contributed by atoms with Gasteiger partial charge >= 0.3 is 5.97 Å². The molecule has 0 radical (unpaired) electrons. The van der Waals surface area contributed by atoms with E-state index in [0.717, 1.165) is 5.56 Å². The Hall–Kier alpha value is -2.40. The van der Waals surface area contributed by atoms with Gasteiger partial charge in [0.15, 0.2) is 11.5 Å². The Morgan fingerprint density at radius 3 is 3.00 bits per heavy atom. The van der Waals surface area contributed by atoms with Crippen molar-refractivity contribution in [2.75, 3.05) is 6.79 Å². The van der Waals surface area contributed by atoms with Crippen LogP contribution >= 0.6 is 0 Å². The van der Waals surface area contributed by atoms with Gasteiger partial charge in [-0.2, -0.15) is 0 Å². The fourth-order valence-electron chi connectivity index (χ4n) is 1.73. The van der Waals surface area contributed by atoms with Gasteiger partial charge in [-0.3, -0.25) is 4.79 Å². The number of hydrogen-bond donors (Lipinski definition) is 1. The van der Waals surface area contributed by atoms with Gasteiger partial charge in [0, 0.05) is 11.3 Å². The first-order valence-corrected chi connectivity index (χ1v) is 5.36. The highest BCUT2D eigenvalue weighted by Crippen LogP contribution is 2.36. The molecule has 0 aromatic heterocycles. The molecule has 0 amide bonds. The molecule has 0 spiro atoms. The maximum atomic E-state index is 10.5. The molecule has 0 saturated carbocycles. The molecule has 18 heavy (non-hydrogen) atoms. The predicted octanol–water partition coefficient (Wildman–Crippen LogP) is 2.63. The molecular formula is C11H11N3O4. The highest BCUT2D eigenvalue weighted by Gasteiger charge is 2.17. The molecule has 7 heteroatoms. The second-order valence-corrected chi connectivity index (χ2v) is 3.77. The fourth-order valence-corrected chi connectivity index (χ4v) is 1.73. The number of hydrogen-bond acceptors (Lipinski definition) is 4. The number of carboxylic acid groups (broad SMARTS) is 1. The van der Waals surface area contributed by atoms with Crippen molar-refractivity contribution in [1.82, 2.24) is 0 Å². The minimum Gasteiger partial charge on any atom is -0.481 e. The van der Waals surface area contributed by atoms with Gasteiger partial charge in [0.1, 0.15) is 0 Å². The molecule has 1 unspecified atom stereocenters. The van der Waals surface area contributed by atoms with Gasteiger partial charge in [-0.1, -0.05) is 11.2 Å². The van der Waals surface area contributed by atoms with Crippen LogP contribution in [0, 0.1) is 0 Å². The third-order valence-corrected chi connectivity index (χ3v) is 2.60. The molecule has 7 nitrogen and oxygen atoms in total. The molecule has 0 fully saturated rings. The Bertz CT molecular complexity index is 511. The van der Waals surface area contributed by atoms with Crippen molar-refractivity contribution in [3.63, 3.8) is 0 Å². The van der Waals surface area contributed by atoms with Crippen LogP contribution in [0.15, 0.2) is 23.3 Å². The molecule has 1 aliphatic rings. The molecule has 1 aliphatic heterocycles. The topological polar surface area (TPSA) is 105 Å². The SMILES string of the molecule is [N-]=[N+]=NC(CCC(=O)O)c1ccc2c(c1)OCO2. The Kier molecular flexibility index (Phi) is 3.54. The average molecular weight is 249 g/mol. The lowest BCUT2D eigenvalue weighted by molar-refractivity contribution is -0.137. The zero-order valence-electron chi connectivity index (χ0n) is 9.44. The van der Waals surface area contributed by atoms with Crippen LogP contribution in [-0.2, 0) is 4.79 Å². The molecule has 0 saturated heterocycles. The molecule has 0 aliphatic carbocycles. The van der Waals surface area contributed by atoms with E-state index in [1.807, 2.05) is 0 Å². The van der Waals surface area contributed by atoms with E-state index < -0.39 is 12.0 Å². The van der Waals surface area contributed by atoms with Crippen molar-refractivity contribution >= 4 is 5.97 Å². The summed E-state index contributed by atoms with van der Waals surface area (Å²) in [5.74, 6) is 0.298. The first-order valence-electron chi connectivity index (χ1n) is 5.36. The van der Waals surface area contributed by atoms with E-state index in [-0.39, 0.29) is 19.6 Å². The monoisotopic (exact) mass is 249 g/mol. The number of azide groups is 1. The standard InChI is InChI=1S/C11H11N3O4/c12-14-13-8(2-4-11(15)16)7-1-3-9-10(5-7)18-6-17-9/h1,3,5,8H,2,4,6H2,(H,15,16). The minimum absolute atomic E-state index is 0.0574. The predicted molar refractivity (Wildman–Crippen MR) is 61.3 cm³/mol. The molecular weight excluding hydrogens is 238 g/mol. The van der Waals surface area contributed by atoms with E-state index in [4.69, 9.17) is 20.1 Å². The molecule has 2 rings (SSSR count). The lowest BCUT2D eigenvalue weighted by atomic mass is 10.0. The van der Waals surface area contributed by atoms with Gasteiger partial charge in [0.05, 0.1) is 6.04 Å². The number of aliphatic carboxylic acids is 1. The van der Waals surface area contributed by atoms with E-state index in [1.165, 1.54) is 0 Å². The Morgan fingerprint density at radius 1 is 1.50 bits per heavy atom. The van der Waals surface area contributed by atoms with Gasteiger partial charge in [-0.05, 0) is 29.6 Å². The number of rotatable bonds is 5. The number of carboxylic acids is 1. The van der Waals surface area contributed by atoms with E-state index in [9.17, 15) is 4.79 Å². The average Bonchev–Trinajstić information content (AvgIpc) is 2.81. The summed E-state index contributed by atoms with van der Waals surface area (Å²) in [4.78, 5) is 13.3. The number of nitrogens with zero attached hydrogens (tertiary/aromatic N) is 3. The van der Waals surface area contributed by atoms with Crippen LogP contribution in [0.25, 0.3) is 10.4 Å². The van der Waals surface area contributed by atoms with E-state index in [0.29, 0.717) is 11.5 Å². The smallest absolute Gasteiger partial charge is 0.303 e. The van der Waals surface area contributed by atoms with Crippen LogP contribution in [0.3, 0.4) is 0 Å². The zero-order valence-corrected chi connectivity index (χ0v) is 9.44. The third kappa shape index (κ3) is 2.64. The number of carbonyl (C=O) groups is 1. The van der Waals surface area contributed by atoms with Crippen LogP contribution in [0.2, 0.25) is 0 Å². The largest absolute Gasteiger partial charge is 0.481 e. The Balaban J connectivity index is 2.19. The fraction of sp³-hybridized carbons (Fsp3) is 0.364. The number of benzene rings is 1. The van der Waals surface area contributed by atoms with Crippen molar-refractivity contribution in [3.8, 4) is 11.5 Å². The van der Waals surface area contributed by atoms with Crippen LogP contribution in [0.1, 0.15) is 24.4 Å². The summed E-state index contributed by atoms with van der Waals surface area (Å²) in [6.07, 6.45) is 0.192. The summed E-state index contributed by atoms with van der Waals surface area (Å²) in [6, 6.07) is 4.66. The highest BCUT2D eigenvalue weighted by atomic mass is 16.7. The summed E-state index contributed by atoms with van der Waals surface area (Å²) >= 11 is 0. The second kappa shape index (κ2) is 5.29. The molecule has 94 valence electrons. The van der Waals surface area contributed by atoms with E-state index in [1.54, 1.807) is 18.2 Å². The summed E-state index contributed by atoms with van der Waals surface area (Å²) < 4.78 is 10.4. The molecule has 1 heterocycles. The minimum atomic E-state index is -0.922. The quantitative estimate of drug-likeness (QED) is 0.491. The van der Waals surface area contributed by atoms with E-state index in [2.05, 4.69) is 10.0 Å². The maximum absolute atomic E-state index is 10.5. The van der Waals surface area contributed by atoms with Gasteiger partial charge in [-0.15, -0.1) is 0 Å². The highest BCUT2D eigenvalue weighted by molar-refractivity contribution is 5.66. The molecule has 1 aromatic carbocycles. The summed E-state index contributed by atoms with van der Waals surface area (Å²) in [6.45, 7) is 0.167. The Morgan fingerprint density at radius 2 is 2.28 bits per heavy atom. The van der Waals surface area contributed by atoms with Crippen molar-refractivity contribution < 1.29 is 19.4 Å².